The summed E-state index contributed by atoms with van der Waals surface area (Å²) in [5.41, 5.74) is 0.778. The van der Waals surface area contributed by atoms with E-state index in [9.17, 15) is 4.79 Å². The number of carbonyl (C=O) groups is 1. The van der Waals surface area contributed by atoms with Crippen molar-refractivity contribution < 1.29 is 9.53 Å². The van der Waals surface area contributed by atoms with Crippen LogP contribution in [-0.2, 0) is 11.3 Å². The minimum Gasteiger partial charge on any atom is -0.444 e. The van der Waals surface area contributed by atoms with E-state index in [1.807, 2.05) is 32.9 Å². The van der Waals surface area contributed by atoms with Gasteiger partial charge in [-0.3, -0.25) is 4.90 Å². The fraction of sp³-hybridized carbons (Fsp3) is 0.625. The lowest BCUT2D eigenvalue weighted by Crippen LogP contribution is -2.54. The van der Waals surface area contributed by atoms with E-state index < -0.39 is 5.60 Å². The van der Waals surface area contributed by atoms with Crippen LogP contribution in [0.1, 0.15) is 33.3 Å². The standard InChI is InChI=1S/C16H24BrN3O2/c1-12-10-20(15(21)22-16(2,3)4)8-7-19(12)11-13-5-6-18-14(17)9-13/h5-6,9,12H,7-8,10-11H2,1-4H3/t12-/m1/s1. The van der Waals surface area contributed by atoms with Crippen LogP contribution in [0.3, 0.4) is 0 Å². The summed E-state index contributed by atoms with van der Waals surface area (Å²) in [6, 6.07) is 4.36. The smallest absolute Gasteiger partial charge is 0.410 e. The van der Waals surface area contributed by atoms with Gasteiger partial charge in [-0.25, -0.2) is 9.78 Å². The molecular weight excluding hydrogens is 346 g/mol. The summed E-state index contributed by atoms with van der Waals surface area (Å²) in [6.45, 7) is 10.9. The van der Waals surface area contributed by atoms with Gasteiger partial charge in [0.05, 0.1) is 0 Å². The molecule has 1 aliphatic heterocycles. The normalized spacial score (nSPS) is 20.0. The van der Waals surface area contributed by atoms with E-state index in [4.69, 9.17) is 4.74 Å². The second-order valence-corrected chi connectivity index (χ2v) is 7.55. The lowest BCUT2D eigenvalue weighted by atomic mass is 10.1. The summed E-state index contributed by atoms with van der Waals surface area (Å²) in [5.74, 6) is 0. The highest BCUT2D eigenvalue weighted by molar-refractivity contribution is 9.10. The van der Waals surface area contributed by atoms with E-state index >= 15 is 0 Å². The Hall–Kier alpha value is -1.14. The number of piperazine rings is 1. The van der Waals surface area contributed by atoms with E-state index in [0.29, 0.717) is 19.1 Å². The van der Waals surface area contributed by atoms with Crippen molar-refractivity contribution in [2.75, 3.05) is 19.6 Å². The molecule has 5 nitrogen and oxygen atoms in total. The van der Waals surface area contributed by atoms with E-state index in [0.717, 1.165) is 17.7 Å². The van der Waals surface area contributed by atoms with Gasteiger partial charge in [0.15, 0.2) is 0 Å². The lowest BCUT2D eigenvalue weighted by Gasteiger charge is -2.40. The SMILES string of the molecule is C[C@@H]1CN(C(=O)OC(C)(C)C)CCN1Cc1ccnc(Br)c1. The Morgan fingerprint density at radius 1 is 1.45 bits per heavy atom. The van der Waals surface area contributed by atoms with Crippen molar-refractivity contribution in [3.05, 3.63) is 28.5 Å². The first-order chi connectivity index (χ1) is 10.2. The van der Waals surface area contributed by atoms with Crippen molar-refractivity contribution in [3.8, 4) is 0 Å². The molecule has 1 aromatic heterocycles. The highest BCUT2D eigenvalue weighted by Gasteiger charge is 2.29. The molecule has 2 rings (SSSR count). The average Bonchev–Trinajstić information content (AvgIpc) is 2.39. The Kier molecular flexibility index (Phi) is 5.45. The zero-order valence-electron chi connectivity index (χ0n) is 13.7. The Balaban J connectivity index is 1.91. The lowest BCUT2D eigenvalue weighted by molar-refractivity contribution is 0.00461. The molecular formula is C16H24BrN3O2. The first-order valence-corrected chi connectivity index (χ1v) is 8.36. The maximum absolute atomic E-state index is 12.1. The number of halogens is 1. The minimum absolute atomic E-state index is 0.217. The molecule has 0 saturated carbocycles. The van der Waals surface area contributed by atoms with Crippen molar-refractivity contribution in [2.45, 2.75) is 45.9 Å². The zero-order valence-corrected chi connectivity index (χ0v) is 15.3. The second-order valence-electron chi connectivity index (χ2n) is 6.73. The minimum atomic E-state index is -0.444. The van der Waals surface area contributed by atoms with Crippen LogP contribution in [0.25, 0.3) is 0 Å². The van der Waals surface area contributed by atoms with Crippen LogP contribution in [0.4, 0.5) is 4.79 Å². The van der Waals surface area contributed by atoms with E-state index in [1.54, 1.807) is 11.1 Å². The topological polar surface area (TPSA) is 45.7 Å². The van der Waals surface area contributed by atoms with Crippen LogP contribution in [0.15, 0.2) is 22.9 Å². The summed E-state index contributed by atoms with van der Waals surface area (Å²) in [4.78, 5) is 20.5. The molecule has 0 unspecified atom stereocenters. The fourth-order valence-corrected chi connectivity index (χ4v) is 2.91. The summed E-state index contributed by atoms with van der Waals surface area (Å²) < 4.78 is 6.30. The Morgan fingerprint density at radius 2 is 2.18 bits per heavy atom. The van der Waals surface area contributed by atoms with Crippen LogP contribution in [0.2, 0.25) is 0 Å². The van der Waals surface area contributed by atoms with Crippen LogP contribution in [-0.4, -0.2) is 52.2 Å². The highest BCUT2D eigenvalue weighted by atomic mass is 79.9. The van der Waals surface area contributed by atoms with E-state index in [-0.39, 0.29) is 6.09 Å². The van der Waals surface area contributed by atoms with Crippen LogP contribution in [0.5, 0.6) is 0 Å². The van der Waals surface area contributed by atoms with Crippen molar-refractivity contribution in [2.24, 2.45) is 0 Å². The van der Waals surface area contributed by atoms with Gasteiger partial charge < -0.3 is 9.64 Å². The number of hydrogen-bond acceptors (Lipinski definition) is 4. The second kappa shape index (κ2) is 6.96. The first-order valence-electron chi connectivity index (χ1n) is 7.57. The Bertz CT molecular complexity index is 530. The number of hydrogen-bond donors (Lipinski definition) is 0. The Morgan fingerprint density at radius 3 is 2.77 bits per heavy atom. The number of nitrogens with zero attached hydrogens (tertiary/aromatic N) is 3. The maximum Gasteiger partial charge on any atom is 0.410 e. The maximum atomic E-state index is 12.1. The first kappa shape index (κ1) is 17.2. The molecule has 0 N–H and O–H groups in total. The van der Waals surface area contributed by atoms with Gasteiger partial charge in [-0.15, -0.1) is 0 Å². The molecule has 1 saturated heterocycles. The molecule has 22 heavy (non-hydrogen) atoms. The predicted molar refractivity (Wildman–Crippen MR) is 89.6 cm³/mol. The quantitative estimate of drug-likeness (QED) is 0.750. The number of aromatic nitrogens is 1. The molecule has 1 atom stereocenters. The third kappa shape index (κ3) is 4.95. The molecule has 0 bridgehead atoms. The van der Waals surface area contributed by atoms with Crippen LogP contribution >= 0.6 is 15.9 Å². The van der Waals surface area contributed by atoms with E-state index in [1.165, 1.54) is 5.56 Å². The molecule has 0 aromatic carbocycles. The van der Waals surface area contributed by atoms with Gasteiger partial charge >= 0.3 is 6.09 Å². The van der Waals surface area contributed by atoms with Crippen molar-refractivity contribution in [1.29, 1.82) is 0 Å². The molecule has 0 aliphatic carbocycles. The van der Waals surface area contributed by atoms with Gasteiger partial charge in [-0.05, 0) is 61.3 Å². The third-order valence-corrected chi connectivity index (χ3v) is 4.03. The van der Waals surface area contributed by atoms with Crippen molar-refractivity contribution in [3.63, 3.8) is 0 Å². The molecule has 1 amide bonds. The Labute approximate surface area is 140 Å². The summed E-state index contributed by atoms with van der Waals surface area (Å²) >= 11 is 3.40. The van der Waals surface area contributed by atoms with Gasteiger partial charge in [0.1, 0.15) is 10.2 Å². The molecule has 122 valence electrons. The average molecular weight is 370 g/mol. The van der Waals surface area contributed by atoms with Gasteiger partial charge in [-0.1, -0.05) is 0 Å². The number of amides is 1. The molecule has 2 heterocycles. The zero-order chi connectivity index (χ0) is 16.3. The largest absolute Gasteiger partial charge is 0.444 e. The molecule has 0 spiro atoms. The summed E-state index contributed by atoms with van der Waals surface area (Å²) in [6.07, 6.45) is 1.59. The van der Waals surface area contributed by atoms with Gasteiger partial charge in [0.25, 0.3) is 0 Å². The van der Waals surface area contributed by atoms with E-state index in [2.05, 4.69) is 32.7 Å². The summed E-state index contributed by atoms with van der Waals surface area (Å²) in [7, 11) is 0. The molecule has 1 aromatic rings. The predicted octanol–water partition coefficient (Wildman–Crippen LogP) is 3.29. The van der Waals surface area contributed by atoms with Gasteiger partial charge in [-0.2, -0.15) is 0 Å². The molecule has 1 fully saturated rings. The number of carbonyl (C=O) groups excluding carboxylic acids is 1. The van der Waals surface area contributed by atoms with Crippen LogP contribution < -0.4 is 0 Å². The van der Waals surface area contributed by atoms with Crippen molar-refractivity contribution >= 4 is 22.0 Å². The van der Waals surface area contributed by atoms with Crippen molar-refractivity contribution in [1.82, 2.24) is 14.8 Å². The number of rotatable bonds is 2. The highest BCUT2D eigenvalue weighted by Crippen LogP contribution is 2.18. The molecule has 1 aliphatic rings. The van der Waals surface area contributed by atoms with Gasteiger partial charge in [0, 0.05) is 38.4 Å². The molecule has 6 heteroatoms. The molecule has 0 radical (unpaired) electrons. The number of ether oxygens (including phenoxy) is 1. The number of pyridine rings is 1. The third-order valence-electron chi connectivity index (χ3n) is 3.59. The fourth-order valence-electron chi connectivity index (χ4n) is 2.50. The van der Waals surface area contributed by atoms with Crippen LogP contribution in [0, 0.1) is 0 Å². The summed E-state index contributed by atoms with van der Waals surface area (Å²) in [5, 5.41) is 0. The monoisotopic (exact) mass is 369 g/mol. The van der Waals surface area contributed by atoms with Gasteiger partial charge in [0.2, 0.25) is 0 Å².